The molecule has 0 aliphatic carbocycles. The number of fused-ring (bicyclic) bond motifs is 2. The Bertz CT molecular complexity index is 728. The number of oxazole rings is 1. The molecule has 0 radical (unpaired) electrons. The molecule has 2 fully saturated rings. The average Bonchev–Trinajstić information content (AvgIpc) is 3.32. The Morgan fingerprint density at radius 1 is 1.33 bits per heavy atom. The largest absolute Gasteiger partial charge is 0.479 e. The number of benzene rings is 1. The van der Waals surface area contributed by atoms with Gasteiger partial charge in [0, 0.05) is 23.7 Å². The molecular weight excluding hydrogens is 310 g/mol. The van der Waals surface area contributed by atoms with E-state index in [0.717, 1.165) is 12.8 Å². The van der Waals surface area contributed by atoms with Crippen LogP contribution >= 0.6 is 0 Å². The maximum atomic E-state index is 12.4. The van der Waals surface area contributed by atoms with Gasteiger partial charge in [0.1, 0.15) is 5.75 Å². The molecule has 4 rings (SSSR count). The first-order valence-corrected chi connectivity index (χ1v) is 8.05. The number of rotatable bonds is 5. The van der Waals surface area contributed by atoms with Crippen LogP contribution in [0, 0.1) is 0 Å². The number of ether oxygens (including phenoxy) is 2. The second-order valence-corrected chi connectivity index (χ2v) is 6.15. The first-order chi connectivity index (χ1) is 11.7. The van der Waals surface area contributed by atoms with Crippen LogP contribution in [0.3, 0.4) is 0 Å². The minimum atomic E-state index is -0.0568. The van der Waals surface area contributed by atoms with Gasteiger partial charge in [-0.3, -0.25) is 4.79 Å². The van der Waals surface area contributed by atoms with Crippen molar-refractivity contribution in [2.45, 2.75) is 37.4 Å². The summed E-state index contributed by atoms with van der Waals surface area (Å²) in [5, 5.41) is 6.63. The zero-order valence-corrected chi connectivity index (χ0v) is 13.3. The minimum Gasteiger partial charge on any atom is -0.479 e. The van der Waals surface area contributed by atoms with Gasteiger partial charge in [-0.05, 0) is 43.5 Å². The molecule has 7 nitrogen and oxygen atoms in total. The van der Waals surface area contributed by atoms with Gasteiger partial charge in [-0.15, -0.1) is 4.98 Å². The highest BCUT2D eigenvalue weighted by Gasteiger charge is 2.39. The molecule has 2 aliphatic rings. The zero-order chi connectivity index (χ0) is 16.5. The van der Waals surface area contributed by atoms with Crippen molar-refractivity contribution in [2.75, 3.05) is 7.11 Å². The highest BCUT2D eigenvalue weighted by atomic mass is 16.6. The predicted octanol–water partition coefficient (Wildman–Crippen LogP) is 2.10. The molecule has 24 heavy (non-hydrogen) atoms. The fraction of sp³-hybridized carbons (Fsp3) is 0.412. The number of carbonyl (C=O) groups excluding carboxylic acids is 1. The number of amides is 1. The number of aromatic nitrogens is 1. The normalized spacial score (nSPS) is 24.8. The van der Waals surface area contributed by atoms with Gasteiger partial charge >= 0.3 is 6.08 Å². The summed E-state index contributed by atoms with van der Waals surface area (Å²) in [6.07, 6.45) is 4.83. The SMILES string of the molecule is COc1coc(Oc2ccc(C(=O)N[C@@H]3C[C@H]4CC[C@@H]3N4)cc2)n1. The van der Waals surface area contributed by atoms with E-state index in [1.54, 1.807) is 24.3 Å². The van der Waals surface area contributed by atoms with Crippen molar-refractivity contribution < 1.29 is 18.7 Å². The lowest BCUT2D eigenvalue weighted by molar-refractivity contribution is 0.0931. The molecular formula is C17H19N3O4. The summed E-state index contributed by atoms with van der Waals surface area (Å²) < 4.78 is 15.5. The fourth-order valence-electron chi connectivity index (χ4n) is 3.39. The summed E-state index contributed by atoms with van der Waals surface area (Å²) in [5.41, 5.74) is 0.607. The van der Waals surface area contributed by atoms with Gasteiger partial charge in [0.2, 0.25) is 0 Å². The monoisotopic (exact) mass is 329 g/mol. The summed E-state index contributed by atoms with van der Waals surface area (Å²) in [7, 11) is 1.50. The lowest BCUT2D eigenvalue weighted by atomic mass is 9.95. The van der Waals surface area contributed by atoms with Gasteiger partial charge in [0.15, 0.2) is 6.26 Å². The summed E-state index contributed by atoms with van der Waals surface area (Å²) in [6.45, 7) is 0. The molecule has 1 amide bonds. The summed E-state index contributed by atoms with van der Waals surface area (Å²) >= 11 is 0. The van der Waals surface area contributed by atoms with E-state index in [-0.39, 0.29) is 18.0 Å². The third-order valence-corrected chi connectivity index (χ3v) is 4.61. The maximum Gasteiger partial charge on any atom is 0.402 e. The molecule has 3 atom stereocenters. The Kier molecular flexibility index (Phi) is 3.86. The Morgan fingerprint density at radius 2 is 2.17 bits per heavy atom. The number of nitrogens with one attached hydrogen (secondary N) is 2. The second-order valence-electron chi connectivity index (χ2n) is 6.15. The van der Waals surface area contributed by atoms with E-state index >= 15 is 0 Å². The quantitative estimate of drug-likeness (QED) is 0.874. The van der Waals surface area contributed by atoms with Gasteiger partial charge in [0.05, 0.1) is 7.11 Å². The van der Waals surface area contributed by atoms with E-state index in [4.69, 9.17) is 13.9 Å². The number of carbonyl (C=O) groups is 1. The van der Waals surface area contributed by atoms with Crippen LogP contribution in [0.2, 0.25) is 0 Å². The van der Waals surface area contributed by atoms with Crippen LogP contribution < -0.4 is 20.1 Å². The van der Waals surface area contributed by atoms with E-state index < -0.39 is 0 Å². The van der Waals surface area contributed by atoms with Crippen molar-refractivity contribution in [1.82, 2.24) is 15.6 Å². The summed E-state index contributed by atoms with van der Waals surface area (Å²) in [4.78, 5) is 16.3. The molecule has 0 saturated carbocycles. The predicted molar refractivity (Wildman–Crippen MR) is 85.4 cm³/mol. The standard InChI is InChI=1S/C17H19N3O4/c1-22-15-9-23-17(20-15)24-12-5-2-10(3-6-12)16(21)19-14-8-11-4-7-13(14)18-11/h2-3,5-6,9,11,13-14,18H,4,7-8H2,1H3,(H,19,21)/t11-,13+,14-/m1/s1. The summed E-state index contributed by atoms with van der Waals surface area (Å²) in [6, 6.07) is 8.09. The molecule has 7 heteroatoms. The van der Waals surface area contributed by atoms with E-state index in [1.165, 1.54) is 19.8 Å². The number of hydrogen-bond acceptors (Lipinski definition) is 6. The topological polar surface area (TPSA) is 85.6 Å². The second kappa shape index (κ2) is 6.16. The van der Waals surface area contributed by atoms with E-state index in [2.05, 4.69) is 15.6 Å². The smallest absolute Gasteiger partial charge is 0.402 e. The maximum absolute atomic E-state index is 12.4. The van der Waals surface area contributed by atoms with Crippen LogP contribution in [0.15, 0.2) is 34.9 Å². The van der Waals surface area contributed by atoms with Crippen LogP contribution in [0.5, 0.6) is 17.7 Å². The lowest BCUT2D eigenvalue weighted by Gasteiger charge is -2.21. The van der Waals surface area contributed by atoms with E-state index in [0.29, 0.717) is 29.3 Å². The Balaban J connectivity index is 1.37. The van der Waals surface area contributed by atoms with Crippen LogP contribution in [0.25, 0.3) is 0 Å². The molecule has 0 unspecified atom stereocenters. The highest BCUT2D eigenvalue weighted by Crippen LogP contribution is 2.28. The van der Waals surface area contributed by atoms with Crippen molar-refractivity contribution in [2.24, 2.45) is 0 Å². The third-order valence-electron chi connectivity index (χ3n) is 4.61. The zero-order valence-electron chi connectivity index (χ0n) is 13.3. The average molecular weight is 329 g/mol. The molecule has 2 saturated heterocycles. The molecule has 1 aromatic heterocycles. The van der Waals surface area contributed by atoms with Crippen LogP contribution in [0.1, 0.15) is 29.6 Å². The third kappa shape index (κ3) is 2.94. The van der Waals surface area contributed by atoms with Crippen molar-refractivity contribution in [3.63, 3.8) is 0 Å². The van der Waals surface area contributed by atoms with Gasteiger partial charge < -0.3 is 24.5 Å². The first-order valence-electron chi connectivity index (χ1n) is 8.05. The first kappa shape index (κ1) is 15.0. The van der Waals surface area contributed by atoms with Gasteiger partial charge in [-0.25, -0.2) is 0 Å². The summed E-state index contributed by atoms with van der Waals surface area (Å²) in [5.74, 6) is 0.830. The fourth-order valence-corrected chi connectivity index (χ4v) is 3.39. The van der Waals surface area contributed by atoms with Crippen LogP contribution in [-0.2, 0) is 0 Å². The van der Waals surface area contributed by atoms with Gasteiger partial charge in [0.25, 0.3) is 11.8 Å². The van der Waals surface area contributed by atoms with E-state index in [1.807, 2.05) is 0 Å². The molecule has 3 heterocycles. The van der Waals surface area contributed by atoms with Crippen molar-refractivity contribution in [3.05, 3.63) is 36.1 Å². The van der Waals surface area contributed by atoms with Crippen LogP contribution in [-0.4, -0.2) is 36.1 Å². The Hall–Kier alpha value is -2.54. The minimum absolute atomic E-state index is 0.0568. The van der Waals surface area contributed by atoms with Gasteiger partial charge in [-0.2, -0.15) is 0 Å². The number of methoxy groups -OCH3 is 1. The number of nitrogens with zero attached hydrogens (tertiary/aromatic N) is 1. The van der Waals surface area contributed by atoms with Crippen molar-refractivity contribution in [3.8, 4) is 17.7 Å². The van der Waals surface area contributed by atoms with Crippen molar-refractivity contribution >= 4 is 5.91 Å². The molecule has 2 aromatic rings. The van der Waals surface area contributed by atoms with Gasteiger partial charge in [-0.1, -0.05) is 0 Å². The lowest BCUT2D eigenvalue weighted by Crippen LogP contribution is -2.42. The Labute approximate surface area is 139 Å². The Morgan fingerprint density at radius 3 is 2.79 bits per heavy atom. The molecule has 126 valence electrons. The van der Waals surface area contributed by atoms with E-state index in [9.17, 15) is 4.79 Å². The molecule has 2 bridgehead atoms. The molecule has 0 spiro atoms. The molecule has 1 aromatic carbocycles. The number of hydrogen-bond donors (Lipinski definition) is 2. The highest BCUT2D eigenvalue weighted by molar-refractivity contribution is 5.94. The van der Waals surface area contributed by atoms with Crippen LogP contribution in [0.4, 0.5) is 0 Å². The molecule has 2 N–H and O–H groups in total. The molecule has 2 aliphatic heterocycles. The van der Waals surface area contributed by atoms with Crippen molar-refractivity contribution in [1.29, 1.82) is 0 Å².